The van der Waals surface area contributed by atoms with Gasteiger partial charge in [-0.2, -0.15) is 0 Å². The third-order valence-corrected chi connectivity index (χ3v) is 6.95. The zero-order chi connectivity index (χ0) is 23.2. The fourth-order valence-electron chi connectivity index (χ4n) is 4.96. The van der Waals surface area contributed by atoms with Gasteiger partial charge >= 0.3 is 0 Å². The third-order valence-electron chi connectivity index (χ3n) is 6.63. The number of aryl methyl sites for hydroxylation is 1. The van der Waals surface area contributed by atoms with E-state index in [1.54, 1.807) is 6.07 Å². The van der Waals surface area contributed by atoms with Gasteiger partial charge < -0.3 is 21.3 Å². The molecule has 6 nitrogen and oxygen atoms in total. The van der Waals surface area contributed by atoms with Crippen molar-refractivity contribution in [2.75, 3.05) is 36.8 Å². The second kappa shape index (κ2) is 8.09. The Labute approximate surface area is 196 Å². The van der Waals surface area contributed by atoms with Crippen LogP contribution in [0.1, 0.15) is 16.7 Å². The molecular formula is C25H24ClFN4O2. The average molecular weight is 467 g/mol. The lowest BCUT2D eigenvalue weighted by molar-refractivity contribution is -0.120. The van der Waals surface area contributed by atoms with Crippen molar-refractivity contribution in [3.05, 3.63) is 82.2 Å². The number of rotatable bonds is 0. The standard InChI is InChI=1S/C13H13FN2O.C12H11ClN2O/c1-8-5-9-11(10(14)6-8)16-12(17)13(9)3-2-4-15-7-13;13-9-4-1-3-8-10(9)15-11(16)12(8)5-2-6-14-7-12/h2-3,5-6,15H,4,7H2,1H3,(H,16,17);1-5,14H,6-7H2,(H,15,16)/t13-;12-/m11/s1. The van der Waals surface area contributed by atoms with Crippen LogP contribution in [0.25, 0.3) is 0 Å². The Morgan fingerprint density at radius 3 is 2.09 bits per heavy atom. The molecule has 0 saturated carbocycles. The van der Waals surface area contributed by atoms with Crippen molar-refractivity contribution < 1.29 is 14.0 Å². The number of fused-ring (bicyclic) bond motifs is 4. The van der Waals surface area contributed by atoms with E-state index in [4.69, 9.17) is 11.6 Å². The van der Waals surface area contributed by atoms with E-state index >= 15 is 0 Å². The van der Waals surface area contributed by atoms with Crippen LogP contribution < -0.4 is 21.3 Å². The average Bonchev–Trinajstić information content (AvgIpc) is 3.23. The molecule has 170 valence electrons. The first-order valence-corrected chi connectivity index (χ1v) is 11.2. The van der Waals surface area contributed by atoms with Crippen molar-refractivity contribution in [3.63, 3.8) is 0 Å². The summed E-state index contributed by atoms with van der Waals surface area (Å²) in [5, 5.41) is 12.5. The molecule has 2 aromatic rings. The smallest absolute Gasteiger partial charge is 0.240 e. The van der Waals surface area contributed by atoms with Crippen molar-refractivity contribution in [1.82, 2.24) is 10.6 Å². The van der Waals surface area contributed by atoms with Gasteiger partial charge in [-0.25, -0.2) is 4.39 Å². The monoisotopic (exact) mass is 466 g/mol. The summed E-state index contributed by atoms with van der Waals surface area (Å²) in [6.07, 6.45) is 7.75. The molecule has 2 aromatic carbocycles. The lowest BCUT2D eigenvalue weighted by Gasteiger charge is -2.27. The van der Waals surface area contributed by atoms with E-state index in [1.807, 2.05) is 49.4 Å². The Kier molecular flexibility index (Phi) is 5.35. The molecule has 0 aromatic heterocycles. The van der Waals surface area contributed by atoms with E-state index in [-0.39, 0.29) is 17.6 Å². The maximum atomic E-state index is 13.8. The third kappa shape index (κ3) is 3.39. The molecule has 0 radical (unpaired) electrons. The summed E-state index contributed by atoms with van der Waals surface area (Å²) in [6.45, 7) is 4.54. The molecule has 6 rings (SSSR count). The number of para-hydroxylation sites is 1. The Morgan fingerprint density at radius 2 is 1.48 bits per heavy atom. The summed E-state index contributed by atoms with van der Waals surface area (Å²) in [5.41, 5.74) is 2.31. The molecule has 8 heteroatoms. The van der Waals surface area contributed by atoms with Crippen molar-refractivity contribution >= 4 is 34.8 Å². The van der Waals surface area contributed by atoms with Gasteiger partial charge in [-0.3, -0.25) is 9.59 Å². The normalized spacial score (nSPS) is 26.5. The van der Waals surface area contributed by atoms with Gasteiger partial charge in [0.05, 0.1) is 16.4 Å². The van der Waals surface area contributed by atoms with E-state index in [9.17, 15) is 14.0 Å². The zero-order valence-electron chi connectivity index (χ0n) is 18.1. The zero-order valence-corrected chi connectivity index (χ0v) is 18.9. The van der Waals surface area contributed by atoms with E-state index in [2.05, 4.69) is 21.3 Å². The van der Waals surface area contributed by atoms with Crippen LogP contribution in [0.4, 0.5) is 15.8 Å². The molecule has 33 heavy (non-hydrogen) atoms. The predicted molar refractivity (Wildman–Crippen MR) is 127 cm³/mol. The van der Waals surface area contributed by atoms with Crippen LogP contribution in [-0.2, 0) is 20.4 Å². The molecule has 0 unspecified atom stereocenters. The van der Waals surface area contributed by atoms with Crippen LogP contribution in [0.3, 0.4) is 0 Å². The van der Waals surface area contributed by atoms with Crippen molar-refractivity contribution in [2.24, 2.45) is 0 Å². The number of carbonyl (C=O) groups is 2. The van der Waals surface area contributed by atoms with E-state index in [1.165, 1.54) is 6.07 Å². The second-order valence-electron chi connectivity index (χ2n) is 8.75. The lowest BCUT2D eigenvalue weighted by atomic mass is 9.79. The highest BCUT2D eigenvalue weighted by Gasteiger charge is 2.47. The van der Waals surface area contributed by atoms with Crippen LogP contribution in [0.2, 0.25) is 5.02 Å². The first kappa shape index (κ1) is 21.8. The summed E-state index contributed by atoms with van der Waals surface area (Å²) in [4.78, 5) is 24.2. The highest BCUT2D eigenvalue weighted by molar-refractivity contribution is 6.35. The van der Waals surface area contributed by atoms with Crippen LogP contribution in [-0.4, -0.2) is 38.0 Å². The first-order valence-electron chi connectivity index (χ1n) is 10.9. The number of carbonyl (C=O) groups excluding carboxylic acids is 2. The molecule has 4 aliphatic heterocycles. The molecular weight excluding hydrogens is 443 g/mol. The second-order valence-corrected chi connectivity index (χ2v) is 9.16. The van der Waals surface area contributed by atoms with E-state index in [0.29, 0.717) is 23.8 Å². The highest BCUT2D eigenvalue weighted by atomic mass is 35.5. The number of nitrogens with one attached hydrogen (secondary N) is 4. The lowest BCUT2D eigenvalue weighted by Crippen LogP contribution is -2.45. The maximum Gasteiger partial charge on any atom is 0.240 e. The Balaban J connectivity index is 0.000000139. The number of hydrogen-bond donors (Lipinski definition) is 4. The minimum absolute atomic E-state index is 0.000880. The Morgan fingerprint density at radius 1 is 0.879 bits per heavy atom. The fourth-order valence-corrected chi connectivity index (χ4v) is 5.19. The van der Waals surface area contributed by atoms with Crippen LogP contribution in [0.15, 0.2) is 54.6 Å². The molecule has 2 spiro atoms. The molecule has 0 aliphatic carbocycles. The Hall–Kier alpha value is -3.00. The minimum Gasteiger partial charge on any atom is -0.323 e. The van der Waals surface area contributed by atoms with Crippen LogP contribution >= 0.6 is 11.6 Å². The van der Waals surface area contributed by atoms with Crippen molar-refractivity contribution in [1.29, 1.82) is 0 Å². The number of benzene rings is 2. The minimum atomic E-state index is -0.736. The molecule has 4 aliphatic rings. The van der Waals surface area contributed by atoms with Gasteiger partial charge in [0.1, 0.15) is 16.6 Å². The summed E-state index contributed by atoms with van der Waals surface area (Å²) in [5.74, 6) is -0.510. The summed E-state index contributed by atoms with van der Waals surface area (Å²) in [6, 6.07) is 8.95. The molecule has 0 saturated heterocycles. The number of anilines is 2. The van der Waals surface area contributed by atoms with Crippen LogP contribution in [0.5, 0.6) is 0 Å². The van der Waals surface area contributed by atoms with Crippen LogP contribution in [0, 0.1) is 12.7 Å². The first-order chi connectivity index (χ1) is 15.9. The van der Waals surface area contributed by atoms with Crippen molar-refractivity contribution in [3.8, 4) is 0 Å². The van der Waals surface area contributed by atoms with E-state index in [0.717, 1.165) is 35.5 Å². The largest absolute Gasteiger partial charge is 0.323 e. The summed E-state index contributed by atoms with van der Waals surface area (Å²) >= 11 is 6.08. The molecule has 4 heterocycles. The Bertz CT molecular complexity index is 1230. The molecule has 2 atom stereocenters. The molecule has 0 bridgehead atoms. The van der Waals surface area contributed by atoms with Gasteiger partial charge in [-0.15, -0.1) is 0 Å². The number of hydrogen-bond acceptors (Lipinski definition) is 4. The van der Waals surface area contributed by atoms with Gasteiger partial charge in [0, 0.05) is 26.2 Å². The topological polar surface area (TPSA) is 82.3 Å². The summed E-state index contributed by atoms with van der Waals surface area (Å²) in [7, 11) is 0. The quantitative estimate of drug-likeness (QED) is 0.449. The predicted octanol–water partition coefficient (Wildman–Crippen LogP) is 3.17. The molecule has 0 fully saturated rings. The fraction of sp³-hybridized carbons (Fsp3) is 0.280. The van der Waals surface area contributed by atoms with Gasteiger partial charge in [0.15, 0.2) is 0 Å². The molecule has 4 N–H and O–H groups in total. The molecule has 2 amide bonds. The SMILES string of the molecule is Cc1cc(F)c2c(c1)[C@]1(C=CCNC1)C(=O)N2.O=C1Nc2c(Cl)cccc2[C@]12C=CCNC2. The maximum absolute atomic E-state index is 13.8. The van der Waals surface area contributed by atoms with Crippen molar-refractivity contribution in [2.45, 2.75) is 17.8 Å². The number of amides is 2. The summed E-state index contributed by atoms with van der Waals surface area (Å²) < 4.78 is 13.8. The van der Waals surface area contributed by atoms with Gasteiger partial charge in [0.25, 0.3) is 0 Å². The van der Waals surface area contributed by atoms with Gasteiger partial charge in [-0.05, 0) is 35.7 Å². The van der Waals surface area contributed by atoms with Gasteiger partial charge in [-0.1, -0.05) is 54.1 Å². The van der Waals surface area contributed by atoms with Gasteiger partial charge in [0.2, 0.25) is 11.8 Å². The van der Waals surface area contributed by atoms with E-state index < -0.39 is 10.8 Å². The number of halogens is 2. The highest BCUT2D eigenvalue weighted by Crippen LogP contribution is 2.43.